The predicted octanol–water partition coefficient (Wildman–Crippen LogP) is 5.05. The van der Waals surface area contributed by atoms with Crippen LogP contribution in [-0.2, 0) is 4.79 Å². The van der Waals surface area contributed by atoms with E-state index >= 15 is 0 Å². The van der Waals surface area contributed by atoms with E-state index in [1.54, 1.807) is 24.3 Å². The molecule has 0 saturated heterocycles. The zero-order valence-electron chi connectivity index (χ0n) is 18.1. The van der Waals surface area contributed by atoms with E-state index in [0.717, 1.165) is 11.1 Å². The van der Waals surface area contributed by atoms with E-state index < -0.39 is 5.97 Å². The molecule has 1 heterocycles. The maximum atomic E-state index is 13.3. The largest absolute Gasteiger partial charge is 0.493 e. The first-order valence-electron chi connectivity index (χ1n) is 9.76. The lowest BCUT2D eigenvalue weighted by Gasteiger charge is -2.14. The highest BCUT2D eigenvalue weighted by Gasteiger charge is 2.22. The van der Waals surface area contributed by atoms with Crippen molar-refractivity contribution in [2.45, 2.75) is 34.1 Å². The Bertz CT molecular complexity index is 1160. The molecule has 6 heteroatoms. The van der Waals surface area contributed by atoms with Crippen molar-refractivity contribution in [3.63, 3.8) is 0 Å². The monoisotopic (exact) mass is 410 g/mol. The van der Waals surface area contributed by atoms with E-state index in [2.05, 4.69) is 0 Å². The van der Waals surface area contributed by atoms with Gasteiger partial charge in [0.25, 0.3) is 0 Å². The maximum Gasteiger partial charge on any atom is 0.311 e. The fraction of sp³-hybridized carbons (Fsp3) is 0.333. The fourth-order valence-corrected chi connectivity index (χ4v) is 3.18. The van der Waals surface area contributed by atoms with Crippen LogP contribution < -0.4 is 19.6 Å². The van der Waals surface area contributed by atoms with Crippen molar-refractivity contribution in [1.82, 2.24) is 0 Å². The van der Waals surface area contributed by atoms with Crippen LogP contribution in [0.15, 0.2) is 39.5 Å². The molecule has 0 aliphatic carbocycles. The lowest BCUT2D eigenvalue weighted by molar-refractivity contribution is -0.135. The molecule has 0 unspecified atom stereocenters. The van der Waals surface area contributed by atoms with Gasteiger partial charge in [-0.25, -0.2) is 0 Å². The molecule has 0 spiro atoms. The van der Waals surface area contributed by atoms with Gasteiger partial charge in [-0.05, 0) is 61.2 Å². The van der Waals surface area contributed by atoms with Crippen LogP contribution in [0.5, 0.6) is 17.2 Å². The van der Waals surface area contributed by atoms with Crippen LogP contribution in [0.3, 0.4) is 0 Å². The number of benzene rings is 2. The Kier molecular flexibility index (Phi) is 6.15. The summed E-state index contributed by atoms with van der Waals surface area (Å²) in [5, 5.41) is 0.370. The SMILES string of the molecule is COc1ccc(-c2oc3cc(C)c(C)cc3c(=O)c2OC(=O)CC(C)C)cc1OC. The van der Waals surface area contributed by atoms with E-state index in [-0.39, 0.29) is 29.3 Å². The number of ether oxygens (including phenoxy) is 3. The van der Waals surface area contributed by atoms with Crippen LogP contribution >= 0.6 is 0 Å². The van der Waals surface area contributed by atoms with Crippen LogP contribution in [0.1, 0.15) is 31.4 Å². The second kappa shape index (κ2) is 8.61. The third-order valence-corrected chi connectivity index (χ3v) is 4.90. The molecule has 0 saturated carbocycles. The van der Waals surface area contributed by atoms with Crippen molar-refractivity contribution in [3.8, 4) is 28.6 Å². The summed E-state index contributed by atoms with van der Waals surface area (Å²) in [6.07, 6.45) is 0.190. The molecule has 0 fully saturated rings. The van der Waals surface area contributed by atoms with Crippen molar-refractivity contribution in [3.05, 3.63) is 51.7 Å². The third kappa shape index (κ3) is 4.17. The number of esters is 1. The van der Waals surface area contributed by atoms with Gasteiger partial charge in [-0.1, -0.05) is 13.8 Å². The summed E-state index contributed by atoms with van der Waals surface area (Å²) in [7, 11) is 3.06. The molecule has 3 rings (SSSR count). The van der Waals surface area contributed by atoms with Crippen LogP contribution in [0.25, 0.3) is 22.3 Å². The average molecular weight is 410 g/mol. The van der Waals surface area contributed by atoms with Crippen molar-refractivity contribution in [1.29, 1.82) is 0 Å². The normalized spacial score (nSPS) is 11.0. The number of carbonyl (C=O) groups is 1. The Morgan fingerprint density at radius 3 is 2.30 bits per heavy atom. The van der Waals surface area contributed by atoms with Gasteiger partial charge in [-0.2, -0.15) is 0 Å². The van der Waals surface area contributed by atoms with Gasteiger partial charge in [0.15, 0.2) is 17.3 Å². The van der Waals surface area contributed by atoms with Crippen LogP contribution in [0.4, 0.5) is 0 Å². The first-order valence-corrected chi connectivity index (χ1v) is 9.76. The van der Waals surface area contributed by atoms with Gasteiger partial charge in [-0.3, -0.25) is 9.59 Å². The second-order valence-electron chi connectivity index (χ2n) is 7.66. The van der Waals surface area contributed by atoms with E-state index in [9.17, 15) is 9.59 Å². The number of carbonyl (C=O) groups excluding carboxylic acids is 1. The number of aryl methyl sites for hydroxylation is 2. The van der Waals surface area contributed by atoms with Crippen molar-refractivity contribution < 1.29 is 23.4 Å². The standard InChI is InChI=1S/C24H26O6/c1-13(2)9-21(25)30-24-22(26)17-10-14(3)15(4)11-19(17)29-23(24)16-7-8-18(27-5)20(12-16)28-6/h7-8,10-13H,9H2,1-6H3. The topological polar surface area (TPSA) is 75.0 Å². The molecular formula is C24H26O6. The molecule has 6 nitrogen and oxygen atoms in total. The summed E-state index contributed by atoms with van der Waals surface area (Å²) < 4.78 is 22.3. The summed E-state index contributed by atoms with van der Waals surface area (Å²) in [5.41, 5.74) is 2.52. The minimum absolute atomic E-state index is 0.0967. The summed E-state index contributed by atoms with van der Waals surface area (Å²) in [6, 6.07) is 8.69. The molecule has 1 aromatic heterocycles. The van der Waals surface area contributed by atoms with Gasteiger partial charge in [0, 0.05) is 12.0 Å². The van der Waals surface area contributed by atoms with Crippen molar-refractivity contribution >= 4 is 16.9 Å². The fourth-order valence-electron chi connectivity index (χ4n) is 3.18. The number of fused-ring (bicyclic) bond motifs is 1. The lowest BCUT2D eigenvalue weighted by Crippen LogP contribution is -2.17. The molecule has 0 bridgehead atoms. The first-order chi connectivity index (χ1) is 14.2. The number of methoxy groups -OCH3 is 2. The van der Waals surface area contributed by atoms with Gasteiger partial charge in [-0.15, -0.1) is 0 Å². The summed E-state index contributed by atoms with van der Waals surface area (Å²) >= 11 is 0. The van der Waals surface area contributed by atoms with E-state index in [4.69, 9.17) is 18.6 Å². The molecule has 0 aliphatic heterocycles. The minimum Gasteiger partial charge on any atom is -0.493 e. The molecule has 0 atom stereocenters. The molecule has 30 heavy (non-hydrogen) atoms. The van der Waals surface area contributed by atoms with Gasteiger partial charge in [0.05, 0.1) is 19.6 Å². The highest BCUT2D eigenvalue weighted by Crippen LogP contribution is 2.37. The van der Waals surface area contributed by atoms with Gasteiger partial charge < -0.3 is 18.6 Å². The third-order valence-electron chi connectivity index (χ3n) is 4.90. The van der Waals surface area contributed by atoms with Crippen LogP contribution in [0, 0.1) is 19.8 Å². The molecule has 0 amide bonds. The Hall–Kier alpha value is -3.28. The van der Waals surface area contributed by atoms with E-state index in [0.29, 0.717) is 28.0 Å². The zero-order chi connectivity index (χ0) is 22.0. The minimum atomic E-state index is -0.484. The van der Waals surface area contributed by atoms with Crippen LogP contribution in [0.2, 0.25) is 0 Å². The molecule has 0 radical (unpaired) electrons. The molecule has 2 aromatic carbocycles. The smallest absolute Gasteiger partial charge is 0.311 e. The summed E-state index contributed by atoms with van der Waals surface area (Å²) in [5.74, 6) is 0.672. The van der Waals surface area contributed by atoms with E-state index in [1.165, 1.54) is 14.2 Å². The lowest BCUT2D eigenvalue weighted by atomic mass is 10.0. The summed E-state index contributed by atoms with van der Waals surface area (Å²) in [6.45, 7) is 7.68. The average Bonchev–Trinajstić information content (AvgIpc) is 2.70. The molecule has 3 aromatic rings. The van der Waals surface area contributed by atoms with Gasteiger partial charge >= 0.3 is 5.97 Å². The number of hydrogen-bond donors (Lipinski definition) is 0. The van der Waals surface area contributed by atoms with Gasteiger partial charge in [0.1, 0.15) is 5.58 Å². The highest BCUT2D eigenvalue weighted by molar-refractivity contribution is 5.85. The number of hydrogen-bond acceptors (Lipinski definition) is 6. The second-order valence-corrected chi connectivity index (χ2v) is 7.66. The van der Waals surface area contributed by atoms with Crippen molar-refractivity contribution in [2.75, 3.05) is 14.2 Å². The molecule has 0 aliphatic rings. The van der Waals surface area contributed by atoms with Gasteiger partial charge in [0.2, 0.25) is 11.2 Å². The molecule has 0 N–H and O–H groups in total. The number of rotatable bonds is 6. The molecule has 158 valence electrons. The quantitative estimate of drug-likeness (QED) is 0.530. The summed E-state index contributed by atoms with van der Waals surface area (Å²) in [4.78, 5) is 25.7. The highest BCUT2D eigenvalue weighted by atomic mass is 16.5. The van der Waals surface area contributed by atoms with Crippen LogP contribution in [-0.4, -0.2) is 20.2 Å². The Labute approximate surface area is 175 Å². The first kappa shape index (κ1) is 21.4. The predicted molar refractivity (Wildman–Crippen MR) is 116 cm³/mol. The Morgan fingerprint density at radius 1 is 1.00 bits per heavy atom. The van der Waals surface area contributed by atoms with E-state index in [1.807, 2.05) is 33.8 Å². The Morgan fingerprint density at radius 2 is 1.67 bits per heavy atom. The molecular weight excluding hydrogens is 384 g/mol. The Balaban J connectivity index is 2.27. The van der Waals surface area contributed by atoms with Crippen molar-refractivity contribution in [2.24, 2.45) is 5.92 Å². The zero-order valence-corrected chi connectivity index (χ0v) is 18.1. The maximum absolute atomic E-state index is 13.3.